The fraction of sp³-hybridized carbons (Fsp3) is 0.417. The summed E-state index contributed by atoms with van der Waals surface area (Å²) >= 11 is 2.24. The Labute approximate surface area is 104 Å². The van der Waals surface area contributed by atoms with Crippen LogP contribution in [0, 0.1) is 9.49 Å². The van der Waals surface area contributed by atoms with E-state index in [-0.39, 0.29) is 5.91 Å². The van der Waals surface area contributed by atoms with Gasteiger partial charge in [0.15, 0.2) is 0 Å². The van der Waals surface area contributed by atoms with Gasteiger partial charge in [0.1, 0.15) is 0 Å². The number of hydrogen-bond acceptors (Lipinski definition) is 1. The third kappa shape index (κ3) is 2.93. The van der Waals surface area contributed by atoms with Crippen LogP contribution < -0.4 is 5.32 Å². The number of para-hydroxylation sites is 1. The van der Waals surface area contributed by atoms with E-state index in [4.69, 9.17) is 0 Å². The van der Waals surface area contributed by atoms with E-state index in [1.165, 1.54) is 19.3 Å². The number of anilines is 1. The molecule has 1 aliphatic carbocycles. The molecule has 0 aromatic heterocycles. The lowest BCUT2D eigenvalue weighted by Gasteiger charge is -2.24. The fourth-order valence-electron chi connectivity index (χ4n) is 1.72. The maximum atomic E-state index is 11.7. The number of carbonyl (C=O) groups is 1. The Morgan fingerprint density at radius 3 is 2.73 bits per heavy atom. The van der Waals surface area contributed by atoms with E-state index in [9.17, 15) is 4.79 Å². The summed E-state index contributed by atoms with van der Waals surface area (Å²) in [5, 5.41) is 2.96. The van der Waals surface area contributed by atoms with Gasteiger partial charge in [0.05, 0.1) is 5.69 Å². The van der Waals surface area contributed by atoms with Gasteiger partial charge in [-0.05, 0) is 53.5 Å². The minimum absolute atomic E-state index is 0.156. The van der Waals surface area contributed by atoms with Crippen LogP contribution in [0.1, 0.15) is 25.7 Å². The van der Waals surface area contributed by atoms with Crippen LogP contribution in [0.25, 0.3) is 0 Å². The molecule has 0 unspecified atom stereocenters. The Hall–Kier alpha value is -0.580. The van der Waals surface area contributed by atoms with E-state index >= 15 is 0 Å². The molecule has 80 valence electrons. The van der Waals surface area contributed by atoms with Crippen molar-refractivity contribution in [3.63, 3.8) is 0 Å². The second-order valence-corrected chi connectivity index (χ2v) is 5.19. The van der Waals surface area contributed by atoms with Crippen molar-refractivity contribution in [2.24, 2.45) is 5.92 Å². The van der Waals surface area contributed by atoms with Crippen LogP contribution >= 0.6 is 22.6 Å². The molecule has 0 radical (unpaired) electrons. The Balaban J connectivity index is 1.90. The van der Waals surface area contributed by atoms with Crippen molar-refractivity contribution >= 4 is 34.2 Å². The van der Waals surface area contributed by atoms with Crippen LogP contribution in [0.4, 0.5) is 5.69 Å². The lowest BCUT2D eigenvalue weighted by molar-refractivity contribution is -0.117. The van der Waals surface area contributed by atoms with Crippen LogP contribution in [-0.4, -0.2) is 5.91 Å². The van der Waals surface area contributed by atoms with Gasteiger partial charge in [0.2, 0.25) is 5.91 Å². The molecule has 1 aromatic rings. The normalized spacial score (nSPS) is 15.8. The minimum Gasteiger partial charge on any atom is -0.325 e. The highest BCUT2D eigenvalue weighted by atomic mass is 127. The van der Waals surface area contributed by atoms with Gasteiger partial charge in [0, 0.05) is 9.99 Å². The highest BCUT2D eigenvalue weighted by molar-refractivity contribution is 14.1. The average molecular weight is 315 g/mol. The predicted molar refractivity (Wildman–Crippen MR) is 69.7 cm³/mol. The zero-order chi connectivity index (χ0) is 10.7. The molecule has 15 heavy (non-hydrogen) atoms. The maximum absolute atomic E-state index is 11.7. The van der Waals surface area contributed by atoms with Gasteiger partial charge in [0.25, 0.3) is 0 Å². The van der Waals surface area contributed by atoms with E-state index in [0.29, 0.717) is 12.3 Å². The van der Waals surface area contributed by atoms with Crippen LogP contribution in [0.15, 0.2) is 24.3 Å². The smallest absolute Gasteiger partial charge is 0.224 e. The second kappa shape index (κ2) is 4.96. The van der Waals surface area contributed by atoms with Crippen molar-refractivity contribution in [3.8, 4) is 0 Å². The number of rotatable bonds is 3. The Morgan fingerprint density at radius 2 is 2.13 bits per heavy atom. The number of hydrogen-bond donors (Lipinski definition) is 1. The first kappa shape index (κ1) is 10.9. The van der Waals surface area contributed by atoms with E-state index in [1.807, 2.05) is 24.3 Å². The number of halogens is 1. The van der Waals surface area contributed by atoms with Crippen LogP contribution in [-0.2, 0) is 4.79 Å². The maximum Gasteiger partial charge on any atom is 0.224 e. The highest BCUT2D eigenvalue weighted by Crippen LogP contribution is 2.29. The first-order valence-electron chi connectivity index (χ1n) is 5.30. The lowest BCUT2D eigenvalue weighted by atomic mass is 9.83. The van der Waals surface area contributed by atoms with Crippen LogP contribution in [0.2, 0.25) is 0 Å². The third-order valence-electron chi connectivity index (χ3n) is 2.85. The summed E-state index contributed by atoms with van der Waals surface area (Å²) in [5.41, 5.74) is 0.933. The highest BCUT2D eigenvalue weighted by Gasteiger charge is 2.20. The van der Waals surface area contributed by atoms with Gasteiger partial charge in [-0.25, -0.2) is 0 Å². The first-order chi connectivity index (χ1) is 7.25. The van der Waals surface area contributed by atoms with Crippen LogP contribution in [0.5, 0.6) is 0 Å². The van der Waals surface area contributed by atoms with E-state index in [0.717, 1.165) is 9.26 Å². The van der Waals surface area contributed by atoms with Crippen molar-refractivity contribution < 1.29 is 4.79 Å². The van der Waals surface area contributed by atoms with Crippen molar-refractivity contribution in [1.82, 2.24) is 0 Å². The molecule has 1 amide bonds. The monoisotopic (exact) mass is 315 g/mol. The van der Waals surface area contributed by atoms with Crippen molar-refractivity contribution in [2.75, 3.05) is 5.32 Å². The van der Waals surface area contributed by atoms with E-state index < -0.39 is 0 Å². The topological polar surface area (TPSA) is 29.1 Å². The Bertz CT molecular complexity index is 360. The standard InChI is InChI=1S/C12H14INO/c13-10-6-1-2-7-11(10)14-12(15)8-9-4-3-5-9/h1-2,6-7,9H,3-5,8H2,(H,14,15). The molecule has 0 atom stereocenters. The molecule has 2 nitrogen and oxygen atoms in total. The predicted octanol–water partition coefficient (Wildman–Crippen LogP) is 3.42. The Morgan fingerprint density at radius 1 is 1.40 bits per heavy atom. The van der Waals surface area contributed by atoms with Crippen molar-refractivity contribution in [1.29, 1.82) is 0 Å². The van der Waals surface area contributed by atoms with Gasteiger partial charge in [-0.2, -0.15) is 0 Å². The molecular weight excluding hydrogens is 301 g/mol. The summed E-state index contributed by atoms with van der Waals surface area (Å²) in [7, 11) is 0. The quantitative estimate of drug-likeness (QED) is 0.851. The molecule has 0 heterocycles. The molecular formula is C12H14INO. The minimum atomic E-state index is 0.156. The summed E-state index contributed by atoms with van der Waals surface area (Å²) in [6.07, 6.45) is 4.42. The summed E-state index contributed by atoms with van der Waals surface area (Å²) < 4.78 is 1.09. The van der Waals surface area contributed by atoms with Gasteiger partial charge < -0.3 is 5.32 Å². The average Bonchev–Trinajstić information content (AvgIpc) is 2.16. The molecule has 1 aromatic carbocycles. The zero-order valence-corrected chi connectivity index (χ0v) is 10.7. The number of amides is 1. The number of nitrogens with one attached hydrogen (secondary N) is 1. The molecule has 0 aliphatic heterocycles. The molecule has 3 heteroatoms. The summed E-state index contributed by atoms with van der Waals surface area (Å²) in [6.45, 7) is 0. The molecule has 1 N–H and O–H groups in total. The molecule has 1 aliphatic rings. The zero-order valence-electron chi connectivity index (χ0n) is 8.50. The van der Waals surface area contributed by atoms with Crippen LogP contribution in [0.3, 0.4) is 0 Å². The van der Waals surface area contributed by atoms with Crippen molar-refractivity contribution in [2.45, 2.75) is 25.7 Å². The second-order valence-electron chi connectivity index (χ2n) is 4.03. The fourth-order valence-corrected chi connectivity index (χ4v) is 2.25. The van der Waals surface area contributed by atoms with Gasteiger partial charge >= 0.3 is 0 Å². The van der Waals surface area contributed by atoms with E-state index in [1.54, 1.807) is 0 Å². The van der Waals surface area contributed by atoms with Crippen molar-refractivity contribution in [3.05, 3.63) is 27.8 Å². The third-order valence-corrected chi connectivity index (χ3v) is 3.79. The summed E-state index contributed by atoms with van der Waals surface area (Å²) in [6, 6.07) is 7.87. The largest absolute Gasteiger partial charge is 0.325 e. The molecule has 1 saturated carbocycles. The molecule has 2 rings (SSSR count). The Kier molecular flexibility index (Phi) is 3.61. The lowest BCUT2D eigenvalue weighted by Crippen LogP contribution is -2.21. The van der Waals surface area contributed by atoms with Gasteiger partial charge in [-0.1, -0.05) is 18.6 Å². The molecule has 0 bridgehead atoms. The molecule has 0 spiro atoms. The molecule has 1 fully saturated rings. The van der Waals surface area contributed by atoms with E-state index in [2.05, 4.69) is 27.9 Å². The summed E-state index contributed by atoms with van der Waals surface area (Å²) in [4.78, 5) is 11.7. The van der Waals surface area contributed by atoms with Gasteiger partial charge in [-0.15, -0.1) is 0 Å². The number of benzene rings is 1. The summed E-state index contributed by atoms with van der Waals surface area (Å²) in [5.74, 6) is 0.787. The molecule has 0 saturated heterocycles. The van der Waals surface area contributed by atoms with Gasteiger partial charge in [-0.3, -0.25) is 4.79 Å². The number of carbonyl (C=O) groups excluding carboxylic acids is 1. The first-order valence-corrected chi connectivity index (χ1v) is 6.38. The SMILES string of the molecule is O=C(CC1CCC1)Nc1ccccc1I.